The summed E-state index contributed by atoms with van der Waals surface area (Å²) in [6.07, 6.45) is 4.49. The number of fused-ring (bicyclic) bond motifs is 2. The van der Waals surface area contributed by atoms with Crippen molar-refractivity contribution in [3.8, 4) is 11.5 Å². The quantitative estimate of drug-likeness (QED) is 0.654. The number of ether oxygens (including phenoxy) is 2. The zero-order valence-corrected chi connectivity index (χ0v) is 17.2. The SMILES string of the molecule is CCC1(C)CCCN(C(=O)c2cc(=O)c3c(OC)c4ccoc4c(OC)c3o2)C1. The Hall–Kier alpha value is -2.96. The molecule has 2 aromatic heterocycles. The lowest BCUT2D eigenvalue weighted by Crippen LogP contribution is -2.44. The van der Waals surface area contributed by atoms with Crippen molar-refractivity contribution in [2.75, 3.05) is 27.3 Å². The summed E-state index contributed by atoms with van der Waals surface area (Å²) in [5.41, 5.74) is 0.272. The van der Waals surface area contributed by atoms with Gasteiger partial charge in [0.05, 0.1) is 25.9 Å². The molecule has 0 aliphatic carbocycles. The van der Waals surface area contributed by atoms with Gasteiger partial charge in [0, 0.05) is 19.2 Å². The second-order valence-electron chi connectivity index (χ2n) is 7.90. The van der Waals surface area contributed by atoms with E-state index in [9.17, 15) is 9.59 Å². The summed E-state index contributed by atoms with van der Waals surface area (Å²) in [7, 11) is 2.94. The normalized spacial score (nSPS) is 19.7. The van der Waals surface area contributed by atoms with E-state index in [0.717, 1.165) is 19.3 Å². The number of piperidine rings is 1. The van der Waals surface area contributed by atoms with Gasteiger partial charge in [0.15, 0.2) is 22.4 Å². The number of hydrogen-bond donors (Lipinski definition) is 0. The van der Waals surface area contributed by atoms with E-state index in [2.05, 4.69) is 13.8 Å². The van der Waals surface area contributed by atoms with Crippen LogP contribution in [-0.2, 0) is 0 Å². The Morgan fingerprint density at radius 2 is 2.00 bits per heavy atom. The van der Waals surface area contributed by atoms with Crippen molar-refractivity contribution in [1.29, 1.82) is 0 Å². The second-order valence-corrected chi connectivity index (χ2v) is 7.90. The lowest BCUT2D eigenvalue weighted by atomic mass is 9.79. The Morgan fingerprint density at radius 1 is 1.24 bits per heavy atom. The molecule has 154 valence electrons. The number of furan rings is 1. The number of likely N-dealkylation sites (tertiary alicyclic amines) is 1. The van der Waals surface area contributed by atoms with Crippen LogP contribution in [0.5, 0.6) is 11.5 Å². The first-order valence-corrected chi connectivity index (χ1v) is 9.80. The summed E-state index contributed by atoms with van der Waals surface area (Å²) in [5, 5.41) is 0.838. The summed E-state index contributed by atoms with van der Waals surface area (Å²) >= 11 is 0. The number of amides is 1. The van der Waals surface area contributed by atoms with E-state index in [-0.39, 0.29) is 39.2 Å². The third-order valence-corrected chi connectivity index (χ3v) is 6.04. The number of benzene rings is 1. The molecule has 3 aromatic rings. The highest BCUT2D eigenvalue weighted by Crippen LogP contribution is 2.42. The number of rotatable bonds is 4. The Labute approximate surface area is 168 Å². The third kappa shape index (κ3) is 3.05. The van der Waals surface area contributed by atoms with Crippen molar-refractivity contribution < 1.29 is 23.1 Å². The van der Waals surface area contributed by atoms with Crippen LogP contribution in [0.3, 0.4) is 0 Å². The van der Waals surface area contributed by atoms with Gasteiger partial charge in [0.25, 0.3) is 5.91 Å². The second kappa shape index (κ2) is 7.13. The fourth-order valence-electron chi connectivity index (χ4n) is 4.21. The maximum Gasteiger partial charge on any atom is 0.289 e. The predicted octanol–water partition coefficient (Wildman–Crippen LogP) is 4.21. The molecule has 1 amide bonds. The molecule has 4 rings (SSSR count). The van der Waals surface area contributed by atoms with Crippen molar-refractivity contribution in [3.05, 3.63) is 34.4 Å². The van der Waals surface area contributed by atoms with Gasteiger partial charge in [-0.3, -0.25) is 9.59 Å². The fourth-order valence-corrected chi connectivity index (χ4v) is 4.21. The van der Waals surface area contributed by atoms with Crippen LogP contribution in [0.1, 0.15) is 43.7 Å². The number of methoxy groups -OCH3 is 2. The van der Waals surface area contributed by atoms with Gasteiger partial charge >= 0.3 is 0 Å². The summed E-state index contributed by atoms with van der Waals surface area (Å²) < 4.78 is 22.4. The summed E-state index contributed by atoms with van der Waals surface area (Å²) in [6, 6.07) is 2.95. The van der Waals surface area contributed by atoms with Crippen molar-refractivity contribution in [2.45, 2.75) is 33.1 Å². The molecular weight excluding hydrogens is 374 g/mol. The van der Waals surface area contributed by atoms with E-state index in [0.29, 0.717) is 29.8 Å². The van der Waals surface area contributed by atoms with E-state index in [1.54, 1.807) is 11.0 Å². The minimum atomic E-state index is -0.358. The van der Waals surface area contributed by atoms with Gasteiger partial charge in [-0.05, 0) is 30.7 Å². The van der Waals surface area contributed by atoms with Crippen molar-refractivity contribution in [2.24, 2.45) is 5.41 Å². The first-order chi connectivity index (χ1) is 13.9. The molecule has 0 radical (unpaired) electrons. The van der Waals surface area contributed by atoms with Gasteiger partial charge in [-0.15, -0.1) is 0 Å². The molecule has 1 aliphatic rings. The lowest BCUT2D eigenvalue weighted by molar-refractivity contribution is 0.0513. The van der Waals surface area contributed by atoms with Gasteiger partial charge in [0.1, 0.15) is 11.1 Å². The van der Waals surface area contributed by atoms with Crippen LogP contribution in [0.25, 0.3) is 21.9 Å². The van der Waals surface area contributed by atoms with Gasteiger partial charge in [-0.25, -0.2) is 0 Å². The molecule has 0 bridgehead atoms. The minimum Gasteiger partial charge on any atom is -0.495 e. The summed E-state index contributed by atoms with van der Waals surface area (Å²) in [5.74, 6) is 0.316. The average Bonchev–Trinajstić information content (AvgIpc) is 3.20. The number of hydrogen-bond acceptors (Lipinski definition) is 6. The largest absolute Gasteiger partial charge is 0.495 e. The molecule has 1 saturated heterocycles. The van der Waals surface area contributed by atoms with Gasteiger partial charge in [-0.1, -0.05) is 13.8 Å². The molecule has 1 atom stereocenters. The Morgan fingerprint density at radius 3 is 2.69 bits per heavy atom. The topological polar surface area (TPSA) is 82.1 Å². The number of carbonyl (C=O) groups excluding carboxylic acids is 1. The minimum absolute atomic E-state index is 0.00545. The molecule has 1 aliphatic heterocycles. The first-order valence-electron chi connectivity index (χ1n) is 9.80. The highest BCUT2D eigenvalue weighted by molar-refractivity contribution is 6.07. The van der Waals surface area contributed by atoms with Crippen LogP contribution in [0.2, 0.25) is 0 Å². The van der Waals surface area contributed by atoms with E-state index in [1.165, 1.54) is 26.5 Å². The van der Waals surface area contributed by atoms with Crippen LogP contribution in [0.4, 0.5) is 0 Å². The summed E-state index contributed by atoms with van der Waals surface area (Å²) in [4.78, 5) is 27.9. The van der Waals surface area contributed by atoms with E-state index >= 15 is 0 Å². The van der Waals surface area contributed by atoms with Crippen LogP contribution < -0.4 is 14.9 Å². The molecule has 1 unspecified atom stereocenters. The molecule has 0 N–H and O–H groups in total. The Kier molecular flexibility index (Phi) is 4.76. The van der Waals surface area contributed by atoms with Gasteiger partial charge < -0.3 is 23.2 Å². The number of nitrogens with zero attached hydrogens (tertiary/aromatic N) is 1. The zero-order chi connectivity index (χ0) is 20.8. The van der Waals surface area contributed by atoms with Crippen LogP contribution in [0.15, 0.2) is 32.0 Å². The molecular formula is C22H25NO6. The molecule has 29 heavy (non-hydrogen) atoms. The molecule has 7 nitrogen and oxygen atoms in total. The standard InChI is InChI=1S/C22H25NO6/c1-5-22(2)8-6-9-23(12-22)21(25)15-11-14(24)16-17(26-3)13-7-10-28-18(13)20(27-4)19(16)29-15/h7,10-11H,5-6,8-9,12H2,1-4H3. The molecule has 0 spiro atoms. The predicted molar refractivity (Wildman–Crippen MR) is 109 cm³/mol. The first kappa shape index (κ1) is 19.4. The molecule has 3 heterocycles. The van der Waals surface area contributed by atoms with Crippen LogP contribution >= 0.6 is 0 Å². The molecule has 7 heteroatoms. The number of carbonyl (C=O) groups is 1. The van der Waals surface area contributed by atoms with E-state index in [4.69, 9.17) is 18.3 Å². The lowest BCUT2D eigenvalue weighted by Gasteiger charge is -2.39. The molecule has 1 fully saturated rings. The Bertz CT molecular complexity index is 1140. The van der Waals surface area contributed by atoms with Crippen molar-refractivity contribution in [3.63, 3.8) is 0 Å². The monoisotopic (exact) mass is 399 g/mol. The van der Waals surface area contributed by atoms with Crippen LogP contribution in [0, 0.1) is 5.41 Å². The van der Waals surface area contributed by atoms with Crippen LogP contribution in [-0.4, -0.2) is 38.1 Å². The Balaban J connectivity index is 1.88. The highest BCUT2D eigenvalue weighted by Gasteiger charge is 2.33. The molecule has 1 aromatic carbocycles. The summed E-state index contributed by atoms with van der Waals surface area (Å²) in [6.45, 7) is 5.61. The maximum atomic E-state index is 13.2. The van der Waals surface area contributed by atoms with Crippen molar-refractivity contribution in [1.82, 2.24) is 4.90 Å². The van der Waals surface area contributed by atoms with Gasteiger partial charge in [0.2, 0.25) is 5.75 Å². The van der Waals surface area contributed by atoms with Crippen molar-refractivity contribution >= 4 is 27.8 Å². The van der Waals surface area contributed by atoms with E-state index in [1.807, 2.05) is 0 Å². The van der Waals surface area contributed by atoms with E-state index < -0.39 is 0 Å². The molecule has 0 saturated carbocycles. The highest BCUT2D eigenvalue weighted by atomic mass is 16.5. The smallest absolute Gasteiger partial charge is 0.289 e. The zero-order valence-electron chi connectivity index (χ0n) is 17.2. The fraction of sp³-hybridized carbons (Fsp3) is 0.455. The maximum absolute atomic E-state index is 13.2. The van der Waals surface area contributed by atoms with Gasteiger partial charge in [-0.2, -0.15) is 0 Å². The third-order valence-electron chi connectivity index (χ3n) is 6.04. The average molecular weight is 399 g/mol.